The van der Waals surface area contributed by atoms with E-state index in [2.05, 4.69) is 218 Å². The largest absolute Gasteiger partial charge is 0.492 e. The van der Waals surface area contributed by atoms with E-state index in [4.69, 9.17) is 33.0 Å². The van der Waals surface area contributed by atoms with Crippen molar-refractivity contribution < 1.29 is 23.0 Å². The molecule has 12 nitrogen and oxygen atoms in total. The number of imidazole rings is 1. The summed E-state index contributed by atoms with van der Waals surface area (Å²) < 4.78 is 33.3. The van der Waals surface area contributed by atoms with Crippen molar-refractivity contribution in [2.75, 3.05) is 46.0 Å². The molecule has 0 bridgehead atoms. The van der Waals surface area contributed by atoms with Crippen LogP contribution in [0.3, 0.4) is 0 Å². The van der Waals surface area contributed by atoms with Crippen molar-refractivity contribution in [2.24, 2.45) is 5.41 Å². The molecule has 0 spiro atoms. The summed E-state index contributed by atoms with van der Waals surface area (Å²) in [6.45, 7) is 47.6. The van der Waals surface area contributed by atoms with Crippen molar-refractivity contribution in [3.63, 3.8) is 0 Å². The Morgan fingerprint density at radius 3 is 1.93 bits per heavy atom. The van der Waals surface area contributed by atoms with Gasteiger partial charge in [-0.3, -0.25) is 10.2 Å². The second-order valence-corrected chi connectivity index (χ2v) is 29.0. The second kappa shape index (κ2) is 24.6. The first-order valence-corrected chi connectivity index (χ1v) is 29.6. The molecule has 0 fully saturated rings. The lowest BCUT2D eigenvalue weighted by molar-refractivity contribution is 0.00302. The molecule has 3 N–H and O–H groups in total. The summed E-state index contributed by atoms with van der Waals surface area (Å²) in [6, 6.07) is 27.4. The fraction of sp³-hybridized carbons (Fsp3) is 0.588. The topological polar surface area (TPSA) is 123 Å². The van der Waals surface area contributed by atoms with Gasteiger partial charge in [0.05, 0.1) is 23.2 Å². The molecule has 0 radical (unpaired) electrons. The zero-order valence-corrected chi connectivity index (χ0v) is 52.7. The summed E-state index contributed by atoms with van der Waals surface area (Å²) in [5.41, 5.74) is 5.62. The molecule has 5 aromatic heterocycles. The molecule has 0 aliphatic rings. The molecule has 0 atom stereocenters. The van der Waals surface area contributed by atoms with Crippen molar-refractivity contribution in [1.29, 1.82) is 0 Å². The zero-order chi connectivity index (χ0) is 58.5. The summed E-state index contributed by atoms with van der Waals surface area (Å²) in [4.78, 5) is 12.6. The van der Waals surface area contributed by atoms with E-state index < -0.39 is 0 Å². The van der Waals surface area contributed by atoms with Crippen LogP contribution in [0.4, 0.5) is 0 Å². The minimum atomic E-state index is -0.316. The maximum absolute atomic E-state index is 6.61. The highest BCUT2D eigenvalue weighted by Crippen LogP contribution is 2.38. The number of ether oxygens (including phenoxy) is 3. The minimum Gasteiger partial charge on any atom is -0.492 e. The van der Waals surface area contributed by atoms with Crippen LogP contribution >= 0.6 is 0 Å². The van der Waals surface area contributed by atoms with Gasteiger partial charge in [0.15, 0.2) is 0 Å². The molecule has 0 saturated carbocycles. The number of benzene rings is 2. The van der Waals surface area contributed by atoms with E-state index in [-0.39, 0.29) is 43.9 Å². The van der Waals surface area contributed by atoms with Crippen molar-refractivity contribution in [3.05, 3.63) is 120 Å². The SMILES string of the molecule is CC(C)(CCC(C)(C)c1cn2cc(OCCNC(C)(C)C)ccc2n1)Cc1ccc2cc(CCN(C(C)(C)C)C(C)(C)NCCOc3cccc(C(C)(C)CCC(C)(C)NCCOc4ccc5oc(C(C)(C)C)cc5c4)n3)oc2c1. The average molecular weight is 1100 g/mol. The van der Waals surface area contributed by atoms with Gasteiger partial charge < -0.3 is 38.1 Å². The van der Waals surface area contributed by atoms with Gasteiger partial charge in [0.1, 0.15) is 59.7 Å². The van der Waals surface area contributed by atoms with E-state index in [1.54, 1.807) is 0 Å². The molecule has 0 aliphatic carbocycles. The van der Waals surface area contributed by atoms with Crippen LogP contribution in [0, 0.1) is 5.41 Å². The Bertz CT molecular complexity index is 3120. The van der Waals surface area contributed by atoms with Crippen molar-refractivity contribution in [1.82, 2.24) is 35.2 Å². The van der Waals surface area contributed by atoms with Crippen LogP contribution in [0.5, 0.6) is 17.4 Å². The van der Waals surface area contributed by atoms with Crippen LogP contribution in [-0.4, -0.2) is 87.5 Å². The molecule has 0 saturated heterocycles. The van der Waals surface area contributed by atoms with Crippen LogP contribution in [0.15, 0.2) is 100 Å². The first-order chi connectivity index (χ1) is 37.2. The first-order valence-electron chi connectivity index (χ1n) is 29.6. The lowest BCUT2D eigenvalue weighted by atomic mass is 9.75. The number of aromatic nitrogens is 3. The molecule has 7 aromatic rings. The number of furan rings is 2. The molecule has 5 heterocycles. The van der Waals surface area contributed by atoms with Gasteiger partial charge in [-0.2, -0.15) is 0 Å². The van der Waals surface area contributed by atoms with Crippen LogP contribution in [0.25, 0.3) is 27.6 Å². The third-order valence-electron chi connectivity index (χ3n) is 15.9. The summed E-state index contributed by atoms with van der Waals surface area (Å²) in [6.07, 6.45) is 10.0. The number of pyridine rings is 2. The molecular weight excluding hydrogens is 995 g/mol. The van der Waals surface area contributed by atoms with Crippen molar-refractivity contribution in [3.8, 4) is 17.4 Å². The third-order valence-corrected chi connectivity index (χ3v) is 15.9. The van der Waals surface area contributed by atoms with E-state index in [0.29, 0.717) is 32.2 Å². The quantitative estimate of drug-likeness (QED) is 0.0321. The monoisotopic (exact) mass is 1100 g/mol. The van der Waals surface area contributed by atoms with E-state index in [1.807, 2.05) is 30.5 Å². The van der Waals surface area contributed by atoms with E-state index in [0.717, 1.165) is 120 Å². The van der Waals surface area contributed by atoms with E-state index >= 15 is 0 Å². The Labute approximate surface area is 480 Å². The van der Waals surface area contributed by atoms with Crippen LogP contribution < -0.4 is 30.2 Å². The molecule has 12 heteroatoms. The van der Waals surface area contributed by atoms with E-state index in [9.17, 15) is 0 Å². The number of nitrogens with zero attached hydrogens (tertiary/aromatic N) is 4. The number of nitrogens with one attached hydrogen (secondary N) is 3. The average Bonchev–Trinajstić information content (AvgIpc) is 4.11. The molecule has 0 amide bonds. The molecule has 438 valence electrons. The van der Waals surface area contributed by atoms with Crippen molar-refractivity contribution in [2.45, 2.75) is 209 Å². The standard InChI is InChI=1S/C68H101N7O5/c1-61(2,3)58-44-50-43-51(25-27-54(50)80-58)76-39-35-70-67(16,17)33-32-65(12,13)56-21-20-22-60(73-56)78-40-36-71-68(18,19)75(63(7,8)9)37-29-52-42-49-24-23-48(41-55(49)79-52)45-64(10,11)30-31-66(14,15)57-47-74-46-53(26-28-59(74)72-57)77-38-34-69-62(4,5)6/h20-28,41-44,46-47,69-71H,29-40,45H2,1-19H3. The Kier molecular flexibility index (Phi) is 19.1. The van der Waals surface area contributed by atoms with Gasteiger partial charge in [0.2, 0.25) is 5.88 Å². The maximum Gasteiger partial charge on any atom is 0.213 e. The van der Waals surface area contributed by atoms with Gasteiger partial charge in [-0.05, 0) is 167 Å². The van der Waals surface area contributed by atoms with Gasteiger partial charge in [0.25, 0.3) is 0 Å². The highest BCUT2D eigenvalue weighted by atomic mass is 16.5. The number of rotatable bonds is 28. The number of hydrogen-bond acceptors (Lipinski definition) is 11. The fourth-order valence-electron chi connectivity index (χ4n) is 10.8. The van der Waals surface area contributed by atoms with Gasteiger partial charge in [0, 0.05) is 88.5 Å². The Balaban J connectivity index is 0.847. The minimum absolute atomic E-state index is 0.0381. The highest BCUT2D eigenvalue weighted by molar-refractivity contribution is 5.80. The van der Waals surface area contributed by atoms with Gasteiger partial charge in [-0.25, -0.2) is 9.97 Å². The van der Waals surface area contributed by atoms with E-state index in [1.165, 1.54) is 5.56 Å². The smallest absolute Gasteiger partial charge is 0.213 e. The molecule has 80 heavy (non-hydrogen) atoms. The molecular formula is C68H101N7O5. The molecule has 0 unspecified atom stereocenters. The van der Waals surface area contributed by atoms with Gasteiger partial charge >= 0.3 is 0 Å². The third kappa shape index (κ3) is 17.6. The maximum atomic E-state index is 6.61. The number of fused-ring (bicyclic) bond motifs is 3. The molecule has 7 rings (SSSR count). The summed E-state index contributed by atoms with van der Waals surface area (Å²) in [5, 5.41) is 13.2. The summed E-state index contributed by atoms with van der Waals surface area (Å²) in [5.74, 6) is 4.35. The number of hydrogen-bond donors (Lipinski definition) is 3. The second-order valence-electron chi connectivity index (χ2n) is 29.0. The zero-order valence-electron chi connectivity index (χ0n) is 52.7. The van der Waals surface area contributed by atoms with Gasteiger partial charge in [-0.1, -0.05) is 80.5 Å². The Hall–Kier alpha value is -5.40. The van der Waals surface area contributed by atoms with Crippen LogP contribution in [-0.2, 0) is 29.1 Å². The predicted octanol–water partition coefficient (Wildman–Crippen LogP) is 15.2. The fourth-order valence-corrected chi connectivity index (χ4v) is 10.8. The van der Waals surface area contributed by atoms with Crippen molar-refractivity contribution >= 4 is 27.6 Å². The lowest BCUT2D eigenvalue weighted by Crippen LogP contribution is -2.62. The lowest BCUT2D eigenvalue weighted by Gasteiger charge is -2.47. The normalized spacial score (nSPS) is 13.6. The van der Waals surface area contributed by atoms with Gasteiger partial charge in [-0.15, -0.1) is 0 Å². The predicted molar refractivity (Wildman–Crippen MR) is 331 cm³/mol. The molecule has 0 aliphatic heterocycles. The Morgan fingerprint density at radius 1 is 0.550 bits per heavy atom. The summed E-state index contributed by atoms with van der Waals surface area (Å²) >= 11 is 0. The van der Waals surface area contributed by atoms with Crippen LogP contribution in [0.1, 0.15) is 186 Å². The molecule has 2 aromatic carbocycles. The first kappa shape index (κ1) is 62.2. The Morgan fingerprint density at radius 2 is 1.21 bits per heavy atom. The highest BCUT2D eigenvalue weighted by Gasteiger charge is 2.35. The summed E-state index contributed by atoms with van der Waals surface area (Å²) in [7, 11) is 0. The van der Waals surface area contributed by atoms with Crippen LogP contribution in [0.2, 0.25) is 0 Å².